The Labute approximate surface area is 77.6 Å². The molecule has 0 amide bonds. The van der Waals surface area contributed by atoms with Crippen molar-refractivity contribution in [1.82, 2.24) is 15.0 Å². The standard InChI is InChI=1S/C9H14N4/c1-6-11-8(13-9(10)12-6)7-4-2-3-5-7/h7H,2-5H2,1H3,(H2,10,11,12,13). The number of nitrogens with two attached hydrogens (primary N) is 1. The summed E-state index contributed by atoms with van der Waals surface area (Å²) < 4.78 is 0. The third kappa shape index (κ3) is 1.76. The molecule has 0 atom stereocenters. The zero-order chi connectivity index (χ0) is 9.26. The quantitative estimate of drug-likeness (QED) is 0.706. The van der Waals surface area contributed by atoms with Gasteiger partial charge < -0.3 is 5.73 Å². The van der Waals surface area contributed by atoms with E-state index in [1.54, 1.807) is 0 Å². The lowest BCUT2D eigenvalue weighted by atomic mass is 10.1. The van der Waals surface area contributed by atoms with Gasteiger partial charge in [-0.25, -0.2) is 4.98 Å². The van der Waals surface area contributed by atoms with Crippen LogP contribution in [0, 0.1) is 6.92 Å². The second-order valence-corrected chi connectivity index (χ2v) is 3.58. The summed E-state index contributed by atoms with van der Waals surface area (Å²) in [6.07, 6.45) is 4.97. The molecule has 2 rings (SSSR count). The van der Waals surface area contributed by atoms with E-state index in [1.807, 2.05) is 6.92 Å². The van der Waals surface area contributed by atoms with Gasteiger partial charge in [-0.3, -0.25) is 0 Å². The van der Waals surface area contributed by atoms with Gasteiger partial charge in [-0.05, 0) is 19.8 Å². The van der Waals surface area contributed by atoms with Crippen molar-refractivity contribution in [2.45, 2.75) is 38.5 Å². The minimum Gasteiger partial charge on any atom is -0.368 e. The van der Waals surface area contributed by atoms with Crippen molar-refractivity contribution in [3.63, 3.8) is 0 Å². The van der Waals surface area contributed by atoms with Crippen LogP contribution in [0.3, 0.4) is 0 Å². The fourth-order valence-electron chi connectivity index (χ4n) is 1.89. The molecule has 4 nitrogen and oxygen atoms in total. The van der Waals surface area contributed by atoms with Crippen LogP contribution in [-0.2, 0) is 0 Å². The van der Waals surface area contributed by atoms with Crippen LogP contribution in [0.2, 0.25) is 0 Å². The molecule has 70 valence electrons. The van der Waals surface area contributed by atoms with Gasteiger partial charge in [-0.1, -0.05) is 12.8 Å². The Morgan fingerprint density at radius 2 is 1.85 bits per heavy atom. The van der Waals surface area contributed by atoms with Crippen molar-refractivity contribution in [2.75, 3.05) is 5.73 Å². The average molecular weight is 178 g/mol. The van der Waals surface area contributed by atoms with Crippen molar-refractivity contribution in [1.29, 1.82) is 0 Å². The Kier molecular flexibility index (Phi) is 2.12. The first-order valence-electron chi connectivity index (χ1n) is 4.74. The first kappa shape index (κ1) is 8.41. The largest absolute Gasteiger partial charge is 0.368 e. The molecular formula is C9H14N4. The van der Waals surface area contributed by atoms with Crippen molar-refractivity contribution < 1.29 is 0 Å². The second kappa shape index (κ2) is 3.28. The zero-order valence-electron chi connectivity index (χ0n) is 7.82. The lowest BCUT2D eigenvalue weighted by Gasteiger charge is -2.07. The number of hydrogen-bond acceptors (Lipinski definition) is 4. The van der Waals surface area contributed by atoms with Crippen LogP contribution in [0.25, 0.3) is 0 Å². The second-order valence-electron chi connectivity index (χ2n) is 3.58. The molecule has 1 fully saturated rings. The Morgan fingerprint density at radius 1 is 1.15 bits per heavy atom. The molecule has 1 heterocycles. The van der Waals surface area contributed by atoms with E-state index in [2.05, 4.69) is 15.0 Å². The molecule has 0 unspecified atom stereocenters. The SMILES string of the molecule is Cc1nc(N)nc(C2CCCC2)n1. The highest BCUT2D eigenvalue weighted by Gasteiger charge is 2.20. The van der Waals surface area contributed by atoms with Crippen LogP contribution < -0.4 is 5.73 Å². The Bertz CT molecular complexity index is 284. The highest BCUT2D eigenvalue weighted by molar-refractivity contribution is 5.17. The van der Waals surface area contributed by atoms with Gasteiger partial charge in [0.25, 0.3) is 0 Å². The first-order chi connectivity index (χ1) is 6.25. The Morgan fingerprint density at radius 3 is 2.46 bits per heavy atom. The molecule has 0 bridgehead atoms. The predicted molar refractivity (Wildman–Crippen MR) is 50.2 cm³/mol. The van der Waals surface area contributed by atoms with Gasteiger partial charge in [0.05, 0.1) is 0 Å². The molecule has 1 aliphatic carbocycles. The maximum absolute atomic E-state index is 5.56. The number of anilines is 1. The minimum absolute atomic E-state index is 0.356. The van der Waals surface area contributed by atoms with Crippen LogP contribution >= 0.6 is 0 Å². The molecule has 1 aromatic heterocycles. The van der Waals surface area contributed by atoms with Gasteiger partial charge in [-0.2, -0.15) is 9.97 Å². The van der Waals surface area contributed by atoms with Gasteiger partial charge >= 0.3 is 0 Å². The van der Waals surface area contributed by atoms with Crippen LogP contribution in [0.1, 0.15) is 43.3 Å². The monoisotopic (exact) mass is 178 g/mol. The van der Waals surface area contributed by atoms with E-state index in [4.69, 9.17) is 5.73 Å². The van der Waals surface area contributed by atoms with E-state index in [9.17, 15) is 0 Å². The van der Waals surface area contributed by atoms with Gasteiger partial charge in [0, 0.05) is 5.92 Å². The summed E-state index contributed by atoms with van der Waals surface area (Å²) in [5.41, 5.74) is 5.56. The van der Waals surface area contributed by atoms with Gasteiger partial charge in [0.2, 0.25) is 5.95 Å². The molecule has 0 saturated heterocycles. The molecule has 0 aliphatic heterocycles. The zero-order valence-corrected chi connectivity index (χ0v) is 7.82. The molecule has 0 radical (unpaired) electrons. The number of aromatic nitrogens is 3. The highest BCUT2D eigenvalue weighted by Crippen LogP contribution is 2.31. The number of nitrogens with zero attached hydrogens (tertiary/aromatic N) is 3. The predicted octanol–water partition coefficient (Wildman–Crippen LogP) is 1.42. The van der Waals surface area contributed by atoms with Gasteiger partial charge in [0.15, 0.2) is 0 Å². The molecule has 4 heteroatoms. The Hall–Kier alpha value is -1.19. The summed E-state index contributed by atoms with van der Waals surface area (Å²) in [6.45, 7) is 1.86. The van der Waals surface area contributed by atoms with Crippen LogP contribution in [0.4, 0.5) is 5.95 Å². The van der Waals surface area contributed by atoms with Crippen molar-refractivity contribution in [2.24, 2.45) is 0 Å². The molecule has 2 N–H and O–H groups in total. The van der Waals surface area contributed by atoms with Crippen molar-refractivity contribution >= 4 is 5.95 Å². The lowest BCUT2D eigenvalue weighted by Crippen LogP contribution is -2.07. The molecule has 0 spiro atoms. The summed E-state index contributed by atoms with van der Waals surface area (Å²) in [6, 6.07) is 0. The number of hydrogen-bond donors (Lipinski definition) is 1. The van der Waals surface area contributed by atoms with Crippen LogP contribution in [0.5, 0.6) is 0 Å². The fourth-order valence-corrected chi connectivity index (χ4v) is 1.89. The highest BCUT2D eigenvalue weighted by atomic mass is 15.1. The fraction of sp³-hybridized carbons (Fsp3) is 0.667. The molecule has 1 aliphatic rings. The number of nitrogen functional groups attached to an aromatic ring is 1. The van der Waals surface area contributed by atoms with Gasteiger partial charge in [0.1, 0.15) is 11.6 Å². The van der Waals surface area contributed by atoms with Gasteiger partial charge in [-0.15, -0.1) is 0 Å². The molecule has 0 aromatic carbocycles. The number of aryl methyl sites for hydroxylation is 1. The van der Waals surface area contributed by atoms with Crippen LogP contribution in [0.15, 0.2) is 0 Å². The van der Waals surface area contributed by atoms with E-state index in [0.29, 0.717) is 11.9 Å². The van der Waals surface area contributed by atoms with E-state index >= 15 is 0 Å². The van der Waals surface area contributed by atoms with Crippen LogP contribution in [-0.4, -0.2) is 15.0 Å². The van der Waals surface area contributed by atoms with E-state index < -0.39 is 0 Å². The first-order valence-corrected chi connectivity index (χ1v) is 4.74. The Balaban J connectivity index is 2.28. The smallest absolute Gasteiger partial charge is 0.223 e. The summed E-state index contributed by atoms with van der Waals surface area (Å²) in [4.78, 5) is 12.4. The van der Waals surface area contributed by atoms with Crippen molar-refractivity contribution in [3.05, 3.63) is 11.6 Å². The van der Waals surface area contributed by atoms with Crippen molar-refractivity contribution in [3.8, 4) is 0 Å². The normalized spacial score (nSPS) is 17.9. The summed E-state index contributed by atoms with van der Waals surface area (Å²) in [7, 11) is 0. The molecular weight excluding hydrogens is 164 g/mol. The molecule has 1 saturated carbocycles. The summed E-state index contributed by atoms with van der Waals surface area (Å²) in [5, 5.41) is 0. The maximum Gasteiger partial charge on any atom is 0.223 e. The third-order valence-corrected chi connectivity index (χ3v) is 2.50. The topological polar surface area (TPSA) is 64.7 Å². The average Bonchev–Trinajstić information content (AvgIpc) is 2.53. The third-order valence-electron chi connectivity index (χ3n) is 2.50. The van der Waals surface area contributed by atoms with E-state index in [-0.39, 0.29) is 0 Å². The molecule has 1 aromatic rings. The summed E-state index contributed by atoms with van der Waals surface area (Å²) >= 11 is 0. The number of rotatable bonds is 1. The molecule has 13 heavy (non-hydrogen) atoms. The summed E-state index contributed by atoms with van der Waals surface area (Å²) in [5.74, 6) is 2.50. The van der Waals surface area contributed by atoms with E-state index in [0.717, 1.165) is 11.6 Å². The minimum atomic E-state index is 0.356. The maximum atomic E-state index is 5.56. The lowest BCUT2D eigenvalue weighted by molar-refractivity contribution is 0.657. The van der Waals surface area contributed by atoms with E-state index in [1.165, 1.54) is 25.7 Å².